The molecule has 1 aliphatic heterocycles. The third kappa shape index (κ3) is 2.83. The van der Waals surface area contributed by atoms with Crippen molar-refractivity contribution in [2.75, 3.05) is 11.9 Å². The van der Waals surface area contributed by atoms with E-state index in [2.05, 4.69) is 5.32 Å². The predicted molar refractivity (Wildman–Crippen MR) is 81.8 cm³/mol. The lowest BCUT2D eigenvalue weighted by atomic mass is 9.93. The Kier molecular flexibility index (Phi) is 4.42. The van der Waals surface area contributed by atoms with E-state index in [1.807, 2.05) is 13.0 Å². The van der Waals surface area contributed by atoms with E-state index >= 15 is 0 Å². The van der Waals surface area contributed by atoms with Crippen LogP contribution in [0.1, 0.15) is 31.7 Å². The molecule has 1 saturated heterocycles. The molecule has 2 rings (SSSR count). The van der Waals surface area contributed by atoms with Crippen molar-refractivity contribution in [2.24, 2.45) is 0 Å². The maximum Gasteiger partial charge on any atom is 0.329 e. The second kappa shape index (κ2) is 5.93. The number of carboxylic acid groups (broad SMARTS) is 1. The number of halogens is 1. The van der Waals surface area contributed by atoms with Crippen LogP contribution >= 0.6 is 11.6 Å². The van der Waals surface area contributed by atoms with E-state index in [4.69, 9.17) is 11.6 Å². The Balaban J connectivity index is 2.19. The van der Waals surface area contributed by atoms with Gasteiger partial charge in [0.2, 0.25) is 0 Å². The van der Waals surface area contributed by atoms with Crippen LogP contribution in [0.4, 0.5) is 10.5 Å². The van der Waals surface area contributed by atoms with Crippen LogP contribution in [0, 0.1) is 6.92 Å². The quantitative estimate of drug-likeness (QED) is 0.897. The average molecular weight is 311 g/mol. The molecule has 6 heteroatoms. The summed E-state index contributed by atoms with van der Waals surface area (Å²) < 4.78 is 0. The number of aryl methyl sites for hydroxylation is 1. The Bertz CT molecular complexity index is 576. The molecule has 1 heterocycles. The summed E-state index contributed by atoms with van der Waals surface area (Å²) >= 11 is 6.03. The molecule has 1 fully saturated rings. The van der Waals surface area contributed by atoms with E-state index in [0.29, 0.717) is 36.5 Å². The molecular formula is C15H19ClN2O3. The maximum atomic E-state index is 12.4. The van der Waals surface area contributed by atoms with Crippen molar-refractivity contribution in [2.45, 2.75) is 38.6 Å². The fraction of sp³-hybridized carbons (Fsp3) is 0.467. The van der Waals surface area contributed by atoms with Gasteiger partial charge in [-0.2, -0.15) is 0 Å². The topological polar surface area (TPSA) is 69.6 Å². The van der Waals surface area contributed by atoms with Gasteiger partial charge in [-0.15, -0.1) is 0 Å². The van der Waals surface area contributed by atoms with E-state index in [0.717, 1.165) is 5.56 Å². The maximum absolute atomic E-state index is 12.4. The minimum atomic E-state index is -1.10. The Morgan fingerprint density at radius 2 is 2.19 bits per heavy atom. The number of nitrogens with one attached hydrogen (secondary N) is 1. The summed E-state index contributed by atoms with van der Waals surface area (Å²) in [7, 11) is 0. The van der Waals surface area contributed by atoms with E-state index < -0.39 is 17.5 Å². The SMILES string of the molecule is CCC1(C(=O)O)CCCN1C(=O)Nc1ccc(C)c(Cl)c1. The van der Waals surface area contributed by atoms with Gasteiger partial charge in [-0.3, -0.25) is 0 Å². The zero-order valence-corrected chi connectivity index (χ0v) is 12.9. The molecule has 0 aromatic heterocycles. The van der Waals surface area contributed by atoms with E-state index in [9.17, 15) is 14.7 Å². The van der Waals surface area contributed by atoms with Gasteiger partial charge in [0.1, 0.15) is 5.54 Å². The number of urea groups is 1. The van der Waals surface area contributed by atoms with Crippen molar-refractivity contribution in [1.82, 2.24) is 4.90 Å². The largest absolute Gasteiger partial charge is 0.479 e. The summed E-state index contributed by atoms with van der Waals surface area (Å²) in [5.41, 5.74) is 0.389. The Hall–Kier alpha value is -1.75. The van der Waals surface area contributed by atoms with Gasteiger partial charge in [-0.05, 0) is 43.9 Å². The molecule has 1 aromatic carbocycles. The summed E-state index contributed by atoms with van der Waals surface area (Å²) in [6.07, 6.45) is 1.58. The summed E-state index contributed by atoms with van der Waals surface area (Å²) in [4.78, 5) is 25.4. The highest BCUT2D eigenvalue weighted by atomic mass is 35.5. The standard InChI is InChI=1S/C15H19ClN2O3/c1-3-15(13(19)20)7-4-8-18(15)14(21)17-11-6-5-10(2)12(16)9-11/h5-6,9H,3-4,7-8H2,1-2H3,(H,17,21)(H,19,20). The molecule has 1 unspecified atom stereocenters. The van der Waals surface area contributed by atoms with E-state index in [-0.39, 0.29) is 0 Å². The molecule has 1 atom stereocenters. The molecule has 0 saturated carbocycles. The molecule has 2 amide bonds. The van der Waals surface area contributed by atoms with Gasteiger partial charge in [0, 0.05) is 17.3 Å². The third-order valence-electron chi connectivity index (χ3n) is 4.14. The number of carbonyl (C=O) groups excluding carboxylic acids is 1. The number of hydrogen-bond acceptors (Lipinski definition) is 2. The molecule has 2 N–H and O–H groups in total. The number of aliphatic carboxylic acids is 1. The van der Waals surface area contributed by atoms with Crippen molar-refractivity contribution in [1.29, 1.82) is 0 Å². The number of nitrogens with zero attached hydrogens (tertiary/aromatic N) is 1. The Labute approximate surface area is 128 Å². The molecular weight excluding hydrogens is 292 g/mol. The average Bonchev–Trinajstić information content (AvgIpc) is 2.88. The van der Waals surface area contributed by atoms with Crippen molar-refractivity contribution in [3.8, 4) is 0 Å². The molecule has 0 bridgehead atoms. The molecule has 5 nitrogen and oxygen atoms in total. The highest BCUT2D eigenvalue weighted by Gasteiger charge is 2.48. The fourth-order valence-corrected chi connectivity index (χ4v) is 2.96. The molecule has 0 aliphatic carbocycles. The Morgan fingerprint density at radius 3 is 2.76 bits per heavy atom. The Morgan fingerprint density at radius 1 is 1.48 bits per heavy atom. The minimum absolute atomic E-state index is 0.392. The highest BCUT2D eigenvalue weighted by Crippen LogP contribution is 2.33. The van der Waals surface area contributed by atoms with Gasteiger partial charge in [0.15, 0.2) is 0 Å². The van der Waals surface area contributed by atoms with Gasteiger partial charge in [-0.1, -0.05) is 24.6 Å². The number of rotatable bonds is 3. The molecule has 0 spiro atoms. The summed E-state index contributed by atoms with van der Waals surface area (Å²) in [5.74, 6) is -0.945. The molecule has 1 aromatic rings. The van der Waals surface area contributed by atoms with Crippen LogP contribution in [0.2, 0.25) is 5.02 Å². The van der Waals surface area contributed by atoms with Crippen LogP contribution in [-0.4, -0.2) is 34.1 Å². The number of carbonyl (C=O) groups is 2. The number of anilines is 1. The van der Waals surface area contributed by atoms with Crippen molar-refractivity contribution < 1.29 is 14.7 Å². The molecule has 0 radical (unpaired) electrons. The van der Waals surface area contributed by atoms with Crippen LogP contribution in [0.3, 0.4) is 0 Å². The molecule has 1 aliphatic rings. The first-order valence-electron chi connectivity index (χ1n) is 6.99. The smallest absolute Gasteiger partial charge is 0.329 e. The second-order valence-electron chi connectivity index (χ2n) is 5.34. The number of carboxylic acids is 1. The highest BCUT2D eigenvalue weighted by molar-refractivity contribution is 6.31. The zero-order valence-electron chi connectivity index (χ0n) is 12.1. The first kappa shape index (κ1) is 15.6. The normalized spacial score (nSPS) is 21.4. The van der Waals surface area contributed by atoms with Crippen molar-refractivity contribution >= 4 is 29.3 Å². The number of likely N-dealkylation sites (tertiary alicyclic amines) is 1. The first-order valence-corrected chi connectivity index (χ1v) is 7.36. The lowest BCUT2D eigenvalue weighted by molar-refractivity contribution is -0.148. The predicted octanol–water partition coefficient (Wildman–Crippen LogP) is 3.51. The number of hydrogen-bond donors (Lipinski definition) is 2. The van der Waals surface area contributed by atoms with Gasteiger partial charge < -0.3 is 15.3 Å². The van der Waals surface area contributed by atoms with Crippen LogP contribution in [0.15, 0.2) is 18.2 Å². The van der Waals surface area contributed by atoms with Gasteiger partial charge >= 0.3 is 12.0 Å². The molecule has 114 valence electrons. The second-order valence-corrected chi connectivity index (χ2v) is 5.75. The van der Waals surface area contributed by atoms with Gasteiger partial charge in [0.05, 0.1) is 0 Å². The lowest BCUT2D eigenvalue weighted by Crippen LogP contribution is -2.54. The van der Waals surface area contributed by atoms with Gasteiger partial charge in [0.25, 0.3) is 0 Å². The fourth-order valence-electron chi connectivity index (χ4n) is 2.78. The monoisotopic (exact) mass is 310 g/mol. The number of amides is 2. The van der Waals surface area contributed by atoms with Crippen LogP contribution in [0.5, 0.6) is 0 Å². The van der Waals surface area contributed by atoms with Crippen LogP contribution < -0.4 is 5.32 Å². The lowest BCUT2D eigenvalue weighted by Gasteiger charge is -2.33. The van der Waals surface area contributed by atoms with Crippen LogP contribution in [-0.2, 0) is 4.79 Å². The number of benzene rings is 1. The summed E-state index contributed by atoms with van der Waals surface area (Å²) in [5, 5.41) is 12.8. The van der Waals surface area contributed by atoms with E-state index in [1.165, 1.54) is 4.90 Å². The van der Waals surface area contributed by atoms with Gasteiger partial charge in [-0.25, -0.2) is 9.59 Å². The summed E-state index contributed by atoms with van der Waals surface area (Å²) in [6.45, 7) is 4.12. The van der Waals surface area contributed by atoms with Crippen molar-refractivity contribution in [3.05, 3.63) is 28.8 Å². The van der Waals surface area contributed by atoms with Crippen LogP contribution in [0.25, 0.3) is 0 Å². The third-order valence-corrected chi connectivity index (χ3v) is 4.55. The van der Waals surface area contributed by atoms with Crippen molar-refractivity contribution in [3.63, 3.8) is 0 Å². The molecule has 21 heavy (non-hydrogen) atoms. The minimum Gasteiger partial charge on any atom is -0.479 e. The first-order chi connectivity index (χ1) is 9.90. The van der Waals surface area contributed by atoms with E-state index in [1.54, 1.807) is 19.1 Å². The summed E-state index contributed by atoms with van der Waals surface area (Å²) in [6, 6.07) is 4.84. The zero-order chi connectivity index (χ0) is 15.6.